The first-order chi connectivity index (χ1) is 6.74. The fraction of sp³-hybridized carbons (Fsp3) is 0.556. The van der Waals surface area contributed by atoms with Gasteiger partial charge < -0.3 is 5.32 Å². The molecule has 2 heterocycles. The van der Waals surface area contributed by atoms with Crippen molar-refractivity contribution in [2.45, 2.75) is 19.4 Å². The third-order valence-corrected chi connectivity index (χ3v) is 3.70. The van der Waals surface area contributed by atoms with Crippen LogP contribution in [0.15, 0.2) is 12.4 Å². The van der Waals surface area contributed by atoms with Gasteiger partial charge in [-0.05, 0) is 13.3 Å². The summed E-state index contributed by atoms with van der Waals surface area (Å²) in [6.45, 7) is 1.93. The van der Waals surface area contributed by atoms with Crippen LogP contribution in [0, 0.1) is 6.92 Å². The average molecular weight is 211 g/mol. The number of aryl methyl sites for hydroxylation is 1. The highest BCUT2D eigenvalue weighted by molar-refractivity contribution is 7.85. The van der Waals surface area contributed by atoms with E-state index < -0.39 is 10.8 Å². The second-order valence-corrected chi connectivity index (χ2v) is 5.11. The molecule has 2 unspecified atom stereocenters. The molecule has 1 N–H and O–H groups in total. The molecule has 1 fully saturated rings. The van der Waals surface area contributed by atoms with Crippen LogP contribution in [0.1, 0.15) is 12.1 Å². The monoisotopic (exact) mass is 211 g/mol. The molecule has 0 spiro atoms. The van der Waals surface area contributed by atoms with Crippen molar-refractivity contribution in [3.8, 4) is 0 Å². The first kappa shape index (κ1) is 9.58. The van der Waals surface area contributed by atoms with E-state index in [2.05, 4.69) is 15.3 Å². The van der Waals surface area contributed by atoms with E-state index in [1.807, 2.05) is 13.0 Å². The van der Waals surface area contributed by atoms with Crippen LogP contribution in [0.5, 0.6) is 0 Å². The normalized spacial score (nSPS) is 26.4. The minimum atomic E-state index is -0.638. The largest absolute Gasteiger partial charge is 0.366 e. The Morgan fingerprint density at radius 2 is 2.43 bits per heavy atom. The summed E-state index contributed by atoms with van der Waals surface area (Å²) in [6.07, 6.45) is 2.51. The maximum atomic E-state index is 11.1. The number of rotatable bonds is 2. The molecule has 0 aromatic carbocycles. The lowest BCUT2D eigenvalue weighted by atomic mass is 10.2. The number of hydrogen-bond acceptors (Lipinski definition) is 4. The first-order valence-electron chi connectivity index (χ1n) is 4.64. The van der Waals surface area contributed by atoms with Gasteiger partial charge in [0.15, 0.2) is 0 Å². The SMILES string of the molecule is Cc1cc(NC2CCS(=O)C2)ncn1. The summed E-state index contributed by atoms with van der Waals surface area (Å²) in [4.78, 5) is 8.13. The molecule has 1 aliphatic heterocycles. The second-order valence-electron chi connectivity index (χ2n) is 3.49. The Hall–Kier alpha value is -0.970. The van der Waals surface area contributed by atoms with Crippen LogP contribution in [0.3, 0.4) is 0 Å². The number of aromatic nitrogens is 2. The van der Waals surface area contributed by atoms with Gasteiger partial charge in [-0.1, -0.05) is 0 Å². The van der Waals surface area contributed by atoms with E-state index in [-0.39, 0.29) is 0 Å². The molecule has 1 aromatic rings. The summed E-state index contributed by atoms with van der Waals surface area (Å²) in [5.41, 5.74) is 0.946. The molecule has 1 saturated heterocycles. The Morgan fingerprint density at radius 3 is 3.07 bits per heavy atom. The molecule has 5 heteroatoms. The fourth-order valence-corrected chi connectivity index (χ4v) is 2.93. The topological polar surface area (TPSA) is 54.9 Å². The van der Waals surface area contributed by atoms with Crippen LogP contribution < -0.4 is 5.32 Å². The smallest absolute Gasteiger partial charge is 0.129 e. The molecule has 14 heavy (non-hydrogen) atoms. The van der Waals surface area contributed by atoms with Crippen molar-refractivity contribution in [2.24, 2.45) is 0 Å². The number of hydrogen-bond donors (Lipinski definition) is 1. The van der Waals surface area contributed by atoms with Gasteiger partial charge in [-0.3, -0.25) is 4.21 Å². The Labute approximate surface area is 85.6 Å². The first-order valence-corrected chi connectivity index (χ1v) is 6.13. The Balaban J connectivity index is 2.00. The summed E-state index contributed by atoms with van der Waals surface area (Å²) in [6, 6.07) is 2.21. The Bertz CT molecular complexity index is 356. The van der Waals surface area contributed by atoms with Gasteiger partial charge in [0.05, 0.1) is 0 Å². The standard InChI is InChI=1S/C9H13N3OS/c1-7-4-9(11-6-10-7)12-8-2-3-14(13)5-8/h4,6,8H,2-3,5H2,1H3,(H,10,11,12). The molecule has 0 amide bonds. The second kappa shape index (κ2) is 4.04. The molecule has 4 nitrogen and oxygen atoms in total. The fourth-order valence-electron chi connectivity index (χ4n) is 1.52. The summed E-state index contributed by atoms with van der Waals surface area (Å²) in [7, 11) is -0.638. The average Bonchev–Trinajstić information content (AvgIpc) is 2.51. The van der Waals surface area contributed by atoms with Gasteiger partial charge in [0.1, 0.15) is 12.1 Å². The van der Waals surface area contributed by atoms with Crippen LogP contribution in [-0.4, -0.2) is 31.7 Å². The van der Waals surface area contributed by atoms with Crippen LogP contribution in [0.25, 0.3) is 0 Å². The van der Waals surface area contributed by atoms with Gasteiger partial charge in [0.2, 0.25) is 0 Å². The van der Waals surface area contributed by atoms with Crippen LogP contribution in [0.4, 0.5) is 5.82 Å². The van der Waals surface area contributed by atoms with Crippen LogP contribution in [-0.2, 0) is 10.8 Å². The van der Waals surface area contributed by atoms with E-state index in [1.54, 1.807) is 6.33 Å². The highest BCUT2D eigenvalue weighted by Gasteiger charge is 2.20. The molecule has 0 aliphatic carbocycles. The third kappa shape index (κ3) is 2.29. The minimum absolute atomic E-state index is 0.310. The summed E-state index contributed by atoms with van der Waals surface area (Å²) < 4.78 is 11.1. The maximum absolute atomic E-state index is 11.1. The number of nitrogens with zero attached hydrogens (tertiary/aromatic N) is 2. The Kier molecular flexibility index (Phi) is 2.77. The molecule has 0 bridgehead atoms. The lowest BCUT2D eigenvalue weighted by Gasteiger charge is -2.11. The molecular formula is C9H13N3OS. The molecule has 1 aliphatic rings. The highest BCUT2D eigenvalue weighted by Crippen LogP contribution is 2.13. The van der Waals surface area contributed by atoms with Gasteiger partial charge in [-0.2, -0.15) is 0 Å². The van der Waals surface area contributed by atoms with Crippen LogP contribution >= 0.6 is 0 Å². The quantitative estimate of drug-likeness (QED) is 0.783. The number of anilines is 1. The van der Waals surface area contributed by atoms with Crippen LogP contribution in [0.2, 0.25) is 0 Å². The molecular weight excluding hydrogens is 198 g/mol. The number of nitrogens with one attached hydrogen (secondary N) is 1. The van der Waals surface area contributed by atoms with Crippen molar-refractivity contribution in [1.82, 2.24) is 9.97 Å². The molecule has 2 rings (SSSR count). The molecule has 1 aromatic heterocycles. The van der Waals surface area contributed by atoms with E-state index in [1.165, 1.54) is 0 Å². The summed E-state index contributed by atoms with van der Waals surface area (Å²) in [5, 5.41) is 3.27. The van der Waals surface area contributed by atoms with Crippen molar-refractivity contribution in [3.63, 3.8) is 0 Å². The maximum Gasteiger partial charge on any atom is 0.129 e. The molecule has 76 valence electrons. The predicted octanol–water partition coefficient (Wildman–Crippen LogP) is 0.718. The van der Waals surface area contributed by atoms with E-state index in [0.717, 1.165) is 29.4 Å². The van der Waals surface area contributed by atoms with Gasteiger partial charge >= 0.3 is 0 Å². The van der Waals surface area contributed by atoms with E-state index in [0.29, 0.717) is 6.04 Å². The van der Waals surface area contributed by atoms with E-state index >= 15 is 0 Å². The summed E-state index contributed by atoms with van der Waals surface area (Å²) >= 11 is 0. The zero-order chi connectivity index (χ0) is 9.97. The van der Waals surface area contributed by atoms with Crippen molar-refractivity contribution in [3.05, 3.63) is 18.1 Å². The minimum Gasteiger partial charge on any atom is -0.366 e. The predicted molar refractivity (Wildman–Crippen MR) is 56.7 cm³/mol. The van der Waals surface area contributed by atoms with Gasteiger partial charge in [-0.15, -0.1) is 0 Å². The molecule has 0 radical (unpaired) electrons. The zero-order valence-electron chi connectivity index (χ0n) is 8.06. The van der Waals surface area contributed by atoms with Crippen molar-refractivity contribution in [1.29, 1.82) is 0 Å². The lowest BCUT2D eigenvalue weighted by Crippen LogP contribution is -2.20. The van der Waals surface area contributed by atoms with Crippen molar-refractivity contribution < 1.29 is 4.21 Å². The zero-order valence-corrected chi connectivity index (χ0v) is 8.88. The van der Waals surface area contributed by atoms with E-state index in [9.17, 15) is 4.21 Å². The van der Waals surface area contributed by atoms with Gasteiger partial charge in [0.25, 0.3) is 0 Å². The highest BCUT2D eigenvalue weighted by atomic mass is 32.2. The lowest BCUT2D eigenvalue weighted by molar-refractivity contribution is 0.686. The van der Waals surface area contributed by atoms with Crippen molar-refractivity contribution >= 4 is 16.6 Å². The molecule has 0 saturated carbocycles. The third-order valence-electron chi connectivity index (χ3n) is 2.24. The van der Waals surface area contributed by atoms with Gasteiger partial charge in [0, 0.05) is 40.1 Å². The van der Waals surface area contributed by atoms with Gasteiger partial charge in [-0.25, -0.2) is 9.97 Å². The van der Waals surface area contributed by atoms with Crippen molar-refractivity contribution in [2.75, 3.05) is 16.8 Å². The molecule has 2 atom stereocenters. The summed E-state index contributed by atoms with van der Waals surface area (Å²) in [5.74, 6) is 2.38. The Morgan fingerprint density at radius 1 is 1.57 bits per heavy atom. The van der Waals surface area contributed by atoms with E-state index in [4.69, 9.17) is 0 Å².